The first-order valence-electron chi connectivity index (χ1n) is 7.92. The lowest BCUT2D eigenvalue weighted by Gasteiger charge is -2.35. The maximum Gasteiger partial charge on any atom is 0.275 e. The molecule has 1 aliphatic rings. The minimum atomic E-state index is -0.326. The molecule has 0 unspecified atom stereocenters. The van der Waals surface area contributed by atoms with Gasteiger partial charge in [-0.3, -0.25) is 9.59 Å². The number of nitrogens with one attached hydrogen (secondary N) is 2. The van der Waals surface area contributed by atoms with Gasteiger partial charge in [0.2, 0.25) is 0 Å². The molecule has 3 aromatic rings. The molecular formula is C18H15N5O2S. The molecule has 1 aromatic carbocycles. The zero-order valence-electron chi connectivity index (χ0n) is 13.8. The van der Waals surface area contributed by atoms with Crippen LogP contribution in [0.2, 0.25) is 0 Å². The molecular weight excluding hydrogens is 350 g/mol. The van der Waals surface area contributed by atoms with E-state index < -0.39 is 0 Å². The molecule has 0 radical (unpaired) electrons. The van der Waals surface area contributed by atoms with Crippen LogP contribution in [0, 0.1) is 0 Å². The Morgan fingerprint density at radius 2 is 2.04 bits per heavy atom. The fourth-order valence-corrected chi connectivity index (χ4v) is 3.38. The number of nitrogens with zero attached hydrogens (tertiary/aromatic N) is 3. The summed E-state index contributed by atoms with van der Waals surface area (Å²) in [6.07, 6.45) is 1.34. The molecule has 2 amide bonds. The Morgan fingerprint density at radius 1 is 1.23 bits per heavy atom. The maximum absolute atomic E-state index is 12.3. The summed E-state index contributed by atoms with van der Waals surface area (Å²) in [6.45, 7) is 0. The zero-order valence-corrected chi connectivity index (χ0v) is 14.7. The highest BCUT2D eigenvalue weighted by molar-refractivity contribution is 7.07. The van der Waals surface area contributed by atoms with Crippen LogP contribution >= 0.6 is 11.3 Å². The van der Waals surface area contributed by atoms with Crippen molar-refractivity contribution < 1.29 is 9.59 Å². The third-order valence-electron chi connectivity index (χ3n) is 4.17. The molecule has 4 rings (SSSR count). The van der Waals surface area contributed by atoms with E-state index in [1.165, 1.54) is 11.3 Å². The van der Waals surface area contributed by atoms with E-state index in [-0.39, 0.29) is 18.0 Å². The second-order valence-electron chi connectivity index (χ2n) is 5.81. The van der Waals surface area contributed by atoms with Crippen LogP contribution in [-0.4, -0.2) is 28.8 Å². The number of aromatic nitrogens is 2. The highest BCUT2D eigenvalue weighted by Gasteiger charge is 2.30. The van der Waals surface area contributed by atoms with Gasteiger partial charge in [0, 0.05) is 24.3 Å². The molecule has 130 valence electrons. The lowest BCUT2D eigenvalue weighted by molar-refractivity contribution is 0.0926. The van der Waals surface area contributed by atoms with Crippen LogP contribution in [0.25, 0.3) is 0 Å². The molecule has 7 nitrogen and oxygen atoms in total. The second kappa shape index (κ2) is 6.57. The number of anilines is 2. The van der Waals surface area contributed by atoms with Crippen molar-refractivity contribution in [2.24, 2.45) is 0 Å². The van der Waals surface area contributed by atoms with E-state index in [4.69, 9.17) is 0 Å². The summed E-state index contributed by atoms with van der Waals surface area (Å²) < 4.78 is 0. The van der Waals surface area contributed by atoms with Crippen LogP contribution in [0.1, 0.15) is 32.6 Å². The van der Waals surface area contributed by atoms with Gasteiger partial charge in [-0.15, -0.1) is 11.3 Å². The summed E-state index contributed by atoms with van der Waals surface area (Å²) >= 11 is 1.37. The summed E-state index contributed by atoms with van der Waals surface area (Å²) in [7, 11) is 1.88. The maximum atomic E-state index is 12.3. The molecule has 0 saturated heterocycles. The fourth-order valence-electron chi connectivity index (χ4n) is 2.85. The van der Waals surface area contributed by atoms with Crippen molar-refractivity contribution in [3.63, 3.8) is 0 Å². The van der Waals surface area contributed by atoms with E-state index in [9.17, 15) is 9.59 Å². The predicted octanol–water partition coefficient (Wildman–Crippen LogP) is 2.67. The first-order chi connectivity index (χ1) is 12.6. The summed E-state index contributed by atoms with van der Waals surface area (Å²) in [4.78, 5) is 34.6. The highest BCUT2D eigenvalue weighted by atomic mass is 32.1. The molecule has 2 N–H and O–H groups in total. The lowest BCUT2D eigenvalue weighted by atomic mass is 10.1. The first-order valence-corrected chi connectivity index (χ1v) is 8.86. The average molecular weight is 365 g/mol. The van der Waals surface area contributed by atoms with Crippen LogP contribution in [0.5, 0.6) is 0 Å². The van der Waals surface area contributed by atoms with Crippen molar-refractivity contribution in [3.05, 3.63) is 70.3 Å². The van der Waals surface area contributed by atoms with Gasteiger partial charge in [-0.2, -0.15) is 0 Å². The zero-order chi connectivity index (χ0) is 18.1. The Balaban J connectivity index is 1.54. The number of hydrogen-bond acceptors (Lipinski definition) is 6. The Morgan fingerprint density at radius 3 is 2.77 bits per heavy atom. The number of carbonyl (C=O) groups is 2. The molecule has 2 aromatic heterocycles. The average Bonchev–Trinajstić information content (AvgIpc) is 3.20. The molecule has 1 atom stereocenters. The van der Waals surface area contributed by atoms with Crippen molar-refractivity contribution in [3.8, 4) is 0 Å². The predicted molar refractivity (Wildman–Crippen MR) is 99.4 cm³/mol. The summed E-state index contributed by atoms with van der Waals surface area (Å²) in [6, 6.07) is 10.8. The third-order valence-corrected chi connectivity index (χ3v) is 4.76. The number of pyridine rings is 1. The van der Waals surface area contributed by atoms with Gasteiger partial charge in [-0.25, -0.2) is 9.97 Å². The monoisotopic (exact) mass is 365 g/mol. The molecule has 0 aliphatic carbocycles. The van der Waals surface area contributed by atoms with E-state index in [1.807, 2.05) is 24.1 Å². The SMILES string of the molecule is CN1c2ncccc2C(=O)N[C@@H]1c1ccc(NC(=O)c2cscn2)cc1. The van der Waals surface area contributed by atoms with Crippen LogP contribution < -0.4 is 15.5 Å². The van der Waals surface area contributed by atoms with Gasteiger partial charge < -0.3 is 15.5 Å². The molecule has 1 aliphatic heterocycles. The Labute approximate surface area is 153 Å². The fraction of sp³-hybridized carbons (Fsp3) is 0.111. The lowest BCUT2D eigenvalue weighted by Crippen LogP contribution is -2.45. The molecule has 3 heterocycles. The number of carbonyl (C=O) groups excluding carboxylic acids is 2. The number of thiazole rings is 1. The topological polar surface area (TPSA) is 87.2 Å². The Bertz CT molecular complexity index is 956. The van der Waals surface area contributed by atoms with Crippen LogP contribution in [-0.2, 0) is 0 Å². The minimum absolute atomic E-state index is 0.155. The van der Waals surface area contributed by atoms with Crippen LogP contribution in [0.15, 0.2) is 53.5 Å². The largest absolute Gasteiger partial charge is 0.335 e. The van der Waals surface area contributed by atoms with Gasteiger partial charge in [0.05, 0.1) is 11.1 Å². The number of benzene rings is 1. The van der Waals surface area contributed by atoms with Crippen molar-refractivity contribution in [1.29, 1.82) is 0 Å². The molecule has 0 fully saturated rings. The Kier molecular flexibility index (Phi) is 4.10. The number of rotatable bonds is 3. The van der Waals surface area contributed by atoms with E-state index in [0.29, 0.717) is 22.8 Å². The summed E-state index contributed by atoms with van der Waals surface area (Å²) in [5.74, 6) is 0.236. The van der Waals surface area contributed by atoms with E-state index in [2.05, 4.69) is 20.6 Å². The van der Waals surface area contributed by atoms with Crippen molar-refractivity contribution in [2.45, 2.75) is 6.17 Å². The van der Waals surface area contributed by atoms with E-state index >= 15 is 0 Å². The van der Waals surface area contributed by atoms with Gasteiger partial charge in [0.1, 0.15) is 17.7 Å². The molecule has 0 saturated carbocycles. The number of fused-ring (bicyclic) bond motifs is 1. The second-order valence-corrected chi connectivity index (χ2v) is 6.53. The van der Waals surface area contributed by atoms with Crippen LogP contribution in [0.3, 0.4) is 0 Å². The number of amides is 2. The van der Waals surface area contributed by atoms with Crippen molar-refractivity contribution in [2.75, 3.05) is 17.3 Å². The van der Waals surface area contributed by atoms with Gasteiger partial charge in [0.15, 0.2) is 0 Å². The van der Waals surface area contributed by atoms with E-state index in [0.717, 1.165) is 5.56 Å². The molecule has 8 heteroatoms. The minimum Gasteiger partial charge on any atom is -0.335 e. The van der Waals surface area contributed by atoms with Crippen LogP contribution in [0.4, 0.5) is 11.5 Å². The standard InChI is InChI=1S/C18H15N5O2S/c1-23-15(22-17(24)13-3-2-8-19-16(13)23)11-4-6-12(7-5-11)21-18(25)14-9-26-10-20-14/h2-10,15H,1H3,(H,21,25)(H,22,24)/t15-/m0/s1. The van der Waals surface area contributed by atoms with Gasteiger partial charge in [0.25, 0.3) is 11.8 Å². The first kappa shape index (κ1) is 16.2. The summed E-state index contributed by atoms with van der Waals surface area (Å²) in [5.41, 5.74) is 4.11. The third kappa shape index (κ3) is 2.91. The van der Waals surface area contributed by atoms with E-state index in [1.54, 1.807) is 41.4 Å². The normalized spacial score (nSPS) is 16.0. The summed E-state index contributed by atoms with van der Waals surface area (Å²) in [5, 5.41) is 7.47. The smallest absolute Gasteiger partial charge is 0.275 e. The van der Waals surface area contributed by atoms with Gasteiger partial charge >= 0.3 is 0 Å². The highest BCUT2D eigenvalue weighted by Crippen LogP contribution is 2.30. The quantitative estimate of drug-likeness (QED) is 0.745. The Hall–Kier alpha value is -3.26. The molecule has 0 spiro atoms. The molecule has 0 bridgehead atoms. The number of hydrogen-bond donors (Lipinski definition) is 2. The van der Waals surface area contributed by atoms with Crippen molar-refractivity contribution in [1.82, 2.24) is 15.3 Å². The van der Waals surface area contributed by atoms with Gasteiger partial charge in [-0.05, 0) is 29.8 Å². The molecule has 26 heavy (non-hydrogen) atoms. The van der Waals surface area contributed by atoms with Gasteiger partial charge in [-0.1, -0.05) is 12.1 Å². The van der Waals surface area contributed by atoms with Crippen molar-refractivity contribution >= 4 is 34.7 Å².